The van der Waals surface area contributed by atoms with E-state index in [1.54, 1.807) is 18.2 Å². The molecule has 7 heteroatoms. The highest BCUT2D eigenvalue weighted by atomic mass is 35.5. The number of rotatable bonds is 3. The monoisotopic (exact) mass is 416 g/mol. The van der Waals surface area contributed by atoms with Crippen molar-refractivity contribution in [2.45, 2.75) is 19.8 Å². The zero-order valence-corrected chi connectivity index (χ0v) is 16.8. The highest BCUT2D eigenvalue weighted by molar-refractivity contribution is 7.21. The van der Waals surface area contributed by atoms with Crippen LogP contribution in [0.3, 0.4) is 0 Å². The molecule has 144 valence electrons. The van der Waals surface area contributed by atoms with Crippen molar-refractivity contribution in [3.63, 3.8) is 0 Å². The lowest BCUT2D eigenvalue weighted by Gasteiger charge is -2.19. The van der Waals surface area contributed by atoms with Crippen molar-refractivity contribution in [1.82, 2.24) is 4.90 Å². The van der Waals surface area contributed by atoms with Gasteiger partial charge in [0.2, 0.25) is 0 Å². The molecule has 0 unspecified atom stereocenters. The normalized spacial score (nSPS) is 13.9. The Labute approximate surface area is 170 Å². The summed E-state index contributed by atoms with van der Waals surface area (Å²) >= 11 is 7.49. The molecule has 0 saturated carbocycles. The largest absolute Gasteiger partial charge is 0.339 e. The molecule has 0 spiro atoms. The van der Waals surface area contributed by atoms with E-state index in [-0.39, 0.29) is 16.7 Å². The molecule has 3 aromatic rings. The Morgan fingerprint density at radius 1 is 1.18 bits per heavy atom. The second-order valence-corrected chi connectivity index (χ2v) is 8.27. The third-order valence-electron chi connectivity index (χ3n) is 4.93. The molecule has 0 atom stereocenters. The van der Waals surface area contributed by atoms with Crippen molar-refractivity contribution in [3.05, 3.63) is 63.2 Å². The van der Waals surface area contributed by atoms with Crippen molar-refractivity contribution in [2.75, 3.05) is 18.4 Å². The third-order valence-corrected chi connectivity index (χ3v) is 6.58. The topological polar surface area (TPSA) is 49.4 Å². The zero-order valence-electron chi connectivity index (χ0n) is 15.2. The molecule has 4 nitrogen and oxygen atoms in total. The summed E-state index contributed by atoms with van der Waals surface area (Å²) in [5.41, 5.74) is 1.77. The van der Waals surface area contributed by atoms with Gasteiger partial charge in [0.1, 0.15) is 10.7 Å². The van der Waals surface area contributed by atoms with Gasteiger partial charge in [-0.3, -0.25) is 9.59 Å². The maximum atomic E-state index is 13.5. The Morgan fingerprint density at radius 2 is 1.93 bits per heavy atom. The first kappa shape index (κ1) is 18.9. The molecule has 1 saturated heterocycles. The summed E-state index contributed by atoms with van der Waals surface area (Å²) in [4.78, 5) is 28.0. The molecule has 0 bridgehead atoms. The van der Waals surface area contributed by atoms with Crippen LogP contribution in [-0.4, -0.2) is 29.8 Å². The predicted molar refractivity (Wildman–Crippen MR) is 111 cm³/mol. The summed E-state index contributed by atoms with van der Waals surface area (Å²) in [5, 5.41) is 3.76. The second kappa shape index (κ2) is 7.53. The molecule has 2 heterocycles. The quantitative estimate of drug-likeness (QED) is 0.613. The van der Waals surface area contributed by atoms with E-state index < -0.39 is 5.91 Å². The van der Waals surface area contributed by atoms with Gasteiger partial charge < -0.3 is 10.2 Å². The lowest BCUT2D eigenvalue weighted by molar-refractivity contribution is 0.0793. The number of thiophene rings is 1. The SMILES string of the molecule is Cc1cccc(NC(=O)c2sc3cc(F)ccc3c2Cl)c1C(=O)N1CCCC1. The number of hydrogen-bond acceptors (Lipinski definition) is 3. The first-order valence-corrected chi connectivity index (χ1v) is 10.2. The predicted octanol–water partition coefficient (Wildman–Crippen LogP) is 5.49. The lowest BCUT2D eigenvalue weighted by atomic mass is 10.0. The smallest absolute Gasteiger partial charge is 0.267 e. The maximum absolute atomic E-state index is 13.5. The van der Waals surface area contributed by atoms with Crippen LogP contribution in [0.25, 0.3) is 10.1 Å². The molecule has 1 aliphatic rings. The van der Waals surface area contributed by atoms with Gasteiger partial charge in [-0.05, 0) is 49.6 Å². The van der Waals surface area contributed by atoms with E-state index in [1.807, 2.05) is 17.9 Å². The van der Waals surface area contributed by atoms with Gasteiger partial charge >= 0.3 is 0 Å². The minimum atomic E-state index is -0.410. The average molecular weight is 417 g/mol. The highest BCUT2D eigenvalue weighted by Crippen LogP contribution is 2.36. The van der Waals surface area contributed by atoms with E-state index >= 15 is 0 Å². The molecular weight excluding hydrogens is 399 g/mol. The van der Waals surface area contributed by atoms with Gasteiger partial charge in [0.15, 0.2) is 0 Å². The van der Waals surface area contributed by atoms with Crippen LogP contribution in [0.15, 0.2) is 36.4 Å². The van der Waals surface area contributed by atoms with Crippen LogP contribution in [-0.2, 0) is 0 Å². The van der Waals surface area contributed by atoms with E-state index in [1.165, 1.54) is 12.1 Å². The number of anilines is 1. The molecule has 1 aromatic heterocycles. The summed E-state index contributed by atoms with van der Waals surface area (Å²) in [6.45, 7) is 3.32. The summed E-state index contributed by atoms with van der Waals surface area (Å²) in [5.74, 6) is -0.863. The Morgan fingerprint density at radius 3 is 2.68 bits per heavy atom. The van der Waals surface area contributed by atoms with Crippen LogP contribution >= 0.6 is 22.9 Å². The standard InChI is InChI=1S/C21H18ClFN2O2S/c1-12-5-4-6-15(17(12)21(27)25-9-2-3-10-25)24-20(26)19-18(22)14-8-7-13(23)11-16(14)28-19/h4-8,11H,2-3,9-10H2,1H3,(H,24,26). The van der Waals surface area contributed by atoms with Gasteiger partial charge in [0.05, 0.1) is 16.3 Å². The van der Waals surface area contributed by atoms with Crippen LogP contribution in [0.4, 0.5) is 10.1 Å². The summed E-state index contributed by atoms with van der Waals surface area (Å²) in [6.07, 6.45) is 1.99. The maximum Gasteiger partial charge on any atom is 0.267 e. The van der Waals surface area contributed by atoms with Gasteiger partial charge in [0.25, 0.3) is 11.8 Å². The third kappa shape index (κ3) is 3.38. The summed E-state index contributed by atoms with van der Waals surface area (Å²) < 4.78 is 14.1. The number of hydrogen-bond donors (Lipinski definition) is 1. The number of halogens is 2. The first-order valence-electron chi connectivity index (χ1n) is 9.03. The minimum absolute atomic E-state index is 0.0737. The van der Waals surface area contributed by atoms with Crippen molar-refractivity contribution in [2.24, 2.45) is 0 Å². The number of likely N-dealkylation sites (tertiary alicyclic amines) is 1. The molecule has 2 aromatic carbocycles. The van der Waals surface area contributed by atoms with E-state index in [0.717, 1.165) is 42.8 Å². The van der Waals surface area contributed by atoms with Crippen molar-refractivity contribution >= 4 is 50.5 Å². The minimum Gasteiger partial charge on any atom is -0.339 e. The Bertz CT molecular complexity index is 1090. The number of fused-ring (bicyclic) bond motifs is 1. The van der Waals surface area contributed by atoms with Crippen LogP contribution in [0.1, 0.15) is 38.4 Å². The number of aryl methyl sites for hydroxylation is 1. The van der Waals surface area contributed by atoms with Gasteiger partial charge in [-0.25, -0.2) is 4.39 Å². The Hall–Kier alpha value is -2.44. The highest BCUT2D eigenvalue weighted by Gasteiger charge is 2.25. The van der Waals surface area contributed by atoms with Crippen molar-refractivity contribution in [1.29, 1.82) is 0 Å². The van der Waals surface area contributed by atoms with Crippen molar-refractivity contribution < 1.29 is 14.0 Å². The molecule has 1 N–H and O–H groups in total. The van der Waals surface area contributed by atoms with Gasteiger partial charge in [-0.2, -0.15) is 0 Å². The number of nitrogens with zero attached hydrogens (tertiary/aromatic N) is 1. The number of amides is 2. The summed E-state index contributed by atoms with van der Waals surface area (Å²) in [7, 11) is 0. The second-order valence-electron chi connectivity index (χ2n) is 6.84. The Kier molecular flexibility index (Phi) is 5.08. The van der Waals surface area contributed by atoms with Crippen molar-refractivity contribution in [3.8, 4) is 0 Å². The average Bonchev–Trinajstić information content (AvgIpc) is 3.30. The fraction of sp³-hybridized carbons (Fsp3) is 0.238. The molecule has 2 amide bonds. The zero-order chi connectivity index (χ0) is 19.8. The summed E-state index contributed by atoms with van der Waals surface area (Å²) in [6, 6.07) is 9.61. The van der Waals surface area contributed by atoms with Gasteiger partial charge in [-0.1, -0.05) is 23.7 Å². The van der Waals surface area contributed by atoms with E-state index in [2.05, 4.69) is 5.32 Å². The Balaban J connectivity index is 1.68. The number of nitrogens with one attached hydrogen (secondary N) is 1. The van der Waals surface area contributed by atoms with Gasteiger partial charge in [-0.15, -0.1) is 11.3 Å². The number of benzene rings is 2. The molecule has 1 aliphatic heterocycles. The van der Waals surface area contributed by atoms with Crippen LogP contribution in [0, 0.1) is 12.7 Å². The number of carbonyl (C=O) groups excluding carboxylic acids is 2. The van der Waals surface area contributed by atoms with E-state index in [9.17, 15) is 14.0 Å². The van der Waals surface area contributed by atoms with Crippen LogP contribution in [0.5, 0.6) is 0 Å². The molecule has 0 aliphatic carbocycles. The molecule has 28 heavy (non-hydrogen) atoms. The van der Waals surface area contributed by atoms with Crippen LogP contribution in [0.2, 0.25) is 5.02 Å². The first-order chi connectivity index (χ1) is 13.5. The van der Waals surface area contributed by atoms with Crippen LogP contribution < -0.4 is 5.32 Å². The fourth-order valence-corrected chi connectivity index (χ4v) is 4.94. The number of carbonyl (C=O) groups is 2. The lowest BCUT2D eigenvalue weighted by Crippen LogP contribution is -2.29. The van der Waals surface area contributed by atoms with E-state index in [4.69, 9.17) is 11.6 Å². The fourth-order valence-electron chi connectivity index (χ4n) is 3.50. The van der Waals surface area contributed by atoms with E-state index in [0.29, 0.717) is 26.2 Å². The molecule has 4 rings (SSSR count). The van der Waals surface area contributed by atoms with Gasteiger partial charge in [0, 0.05) is 23.2 Å². The molecule has 1 fully saturated rings. The molecule has 0 radical (unpaired) electrons. The molecular formula is C21H18ClFN2O2S.